The highest BCUT2D eigenvalue weighted by Crippen LogP contribution is 2.28. The van der Waals surface area contributed by atoms with Crippen LogP contribution in [-0.2, 0) is 4.79 Å². The van der Waals surface area contributed by atoms with Crippen molar-refractivity contribution in [1.82, 2.24) is 14.6 Å². The van der Waals surface area contributed by atoms with E-state index in [4.69, 9.17) is 23.2 Å². The summed E-state index contributed by atoms with van der Waals surface area (Å²) in [6.45, 7) is 3.25. The lowest BCUT2D eigenvalue weighted by Crippen LogP contribution is -2.22. The molecule has 1 atom stereocenters. The number of rotatable bonds is 5. The standard InChI is InChI=1S/C17H14Cl2N4O2S/c1-9(24)11-3-5-13(6-4-11)20-16(25)10(2)26-17-22-21-15-14(19)7-12(18)8-23(15)17/h3-8,10H,1-2H3,(H,20,25). The molecular weight excluding hydrogens is 395 g/mol. The summed E-state index contributed by atoms with van der Waals surface area (Å²) >= 11 is 13.4. The van der Waals surface area contributed by atoms with Crippen molar-refractivity contribution in [3.8, 4) is 0 Å². The smallest absolute Gasteiger partial charge is 0.237 e. The molecule has 26 heavy (non-hydrogen) atoms. The largest absolute Gasteiger partial charge is 0.325 e. The molecule has 3 aromatic rings. The molecule has 0 radical (unpaired) electrons. The molecule has 1 amide bonds. The highest BCUT2D eigenvalue weighted by molar-refractivity contribution is 8.00. The Morgan fingerprint density at radius 1 is 1.19 bits per heavy atom. The van der Waals surface area contributed by atoms with Crippen LogP contribution in [0.15, 0.2) is 41.7 Å². The molecule has 0 aliphatic carbocycles. The van der Waals surface area contributed by atoms with Crippen molar-refractivity contribution in [2.24, 2.45) is 0 Å². The summed E-state index contributed by atoms with van der Waals surface area (Å²) in [4.78, 5) is 23.7. The van der Waals surface area contributed by atoms with Crippen LogP contribution in [0.3, 0.4) is 0 Å². The van der Waals surface area contributed by atoms with E-state index in [2.05, 4.69) is 15.5 Å². The second-order valence-electron chi connectivity index (χ2n) is 5.57. The van der Waals surface area contributed by atoms with Gasteiger partial charge in [-0.05, 0) is 44.2 Å². The summed E-state index contributed by atoms with van der Waals surface area (Å²) in [5, 5.41) is 11.8. The Hall–Kier alpha value is -2.09. The van der Waals surface area contributed by atoms with Gasteiger partial charge in [0.15, 0.2) is 16.6 Å². The number of halogens is 2. The van der Waals surface area contributed by atoms with Gasteiger partial charge in [-0.1, -0.05) is 35.0 Å². The van der Waals surface area contributed by atoms with Crippen LogP contribution in [0.4, 0.5) is 5.69 Å². The fourth-order valence-corrected chi connectivity index (χ4v) is 3.56. The summed E-state index contributed by atoms with van der Waals surface area (Å²) in [5.74, 6) is -0.224. The third kappa shape index (κ3) is 4.00. The molecule has 0 bridgehead atoms. The Labute approximate surface area is 163 Å². The van der Waals surface area contributed by atoms with Crippen LogP contribution in [-0.4, -0.2) is 31.5 Å². The molecule has 134 valence electrons. The minimum atomic E-state index is -0.437. The van der Waals surface area contributed by atoms with E-state index in [1.807, 2.05) is 0 Å². The second-order valence-corrected chi connectivity index (χ2v) is 7.72. The zero-order valence-corrected chi connectivity index (χ0v) is 16.2. The average Bonchev–Trinajstić information content (AvgIpc) is 2.98. The molecule has 0 saturated carbocycles. The van der Waals surface area contributed by atoms with Gasteiger partial charge in [0.05, 0.1) is 15.3 Å². The number of ketones is 1. The van der Waals surface area contributed by atoms with E-state index < -0.39 is 5.25 Å². The Balaban J connectivity index is 1.72. The van der Waals surface area contributed by atoms with Crippen LogP contribution in [0.5, 0.6) is 0 Å². The zero-order chi connectivity index (χ0) is 18.8. The number of pyridine rings is 1. The molecule has 1 aromatic carbocycles. The third-order valence-electron chi connectivity index (χ3n) is 3.61. The van der Waals surface area contributed by atoms with Crippen molar-refractivity contribution in [3.05, 3.63) is 52.1 Å². The molecule has 0 aliphatic heterocycles. The highest BCUT2D eigenvalue weighted by atomic mass is 35.5. The van der Waals surface area contributed by atoms with Gasteiger partial charge in [-0.15, -0.1) is 10.2 Å². The first kappa shape index (κ1) is 18.7. The van der Waals surface area contributed by atoms with Gasteiger partial charge in [-0.3, -0.25) is 14.0 Å². The molecule has 3 rings (SSSR count). The molecule has 6 nitrogen and oxygen atoms in total. The number of amides is 1. The first-order chi connectivity index (χ1) is 12.3. The van der Waals surface area contributed by atoms with Crippen LogP contribution >= 0.6 is 35.0 Å². The summed E-state index contributed by atoms with van der Waals surface area (Å²) in [6, 6.07) is 8.32. The first-order valence-corrected chi connectivity index (χ1v) is 9.27. The second kappa shape index (κ2) is 7.65. The Morgan fingerprint density at radius 3 is 2.54 bits per heavy atom. The van der Waals surface area contributed by atoms with Crippen molar-refractivity contribution in [1.29, 1.82) is 0 Å². The van der Waals surface area contributed by atoms with Gasteiger partial charge in [0.2, 0.25) is 5.91 Å². The van der Waals surface area contributed by atoms with E-state index in [-0.39, 0.29) is 11.7 Å². The molecule has 2 aromatic heterocycles. The molecule has 9 heteroatoms. The molecular formula is C17H14Cl2N4O2S. The van der Waals surface area contributed by atoms with E-state index in [1.165, 1.54) is 18.7 Å². The Bertz CT molecular complexity index is 988. The van der Waals surface area contributed by atoms with Crippen LogP contribution in [0, 0.1) is 0 Å². The fraction of sp³-hybridized carbons (Fsp3) is 0.176. The number of benzene rings is 1. The maximum absolute atomic E-state index is 12.4. The third-order valence-corrected chi connectivity index (χ3v) is 5.15. The van der Waals surface area contributed by atoms with Crippen LogP contribution in [0.25, 0.3) is 5.65 Å². The Kier molecular flexibility index (Phi) is 5.50. The summed E-state index contributed by atoms with van der Waals surface area (Å²) in [7, 11) is 0. The minimum Gasteiger partial charge on any atom is -0.325 e. The number of thioether (sulfide) groups is 1. The van der Waals surface area contributed by atoms with E-state index in [9.17, 15) is 9.59 Å². The number of fused-ring (bicyclic) bond motifs is 1. The summed E-state index contributed by atoms with van der Waals surface area (Å²) in [5.41, 5.74) is 1.68. The predicted molar refractivity (Wildman–Crippen MR) is 103 cm³/mol. The number of anilines is 1. The van der Waals surface area contributed by atoms with Gasteiger partial charge in [-0.25, -0.2) is 0 Å². The number of Topliss-reactive ketones (excluding diaryl/α,β-unsaturated/α-hetero) is 1. The van der Waals surface area contributed by atoms with Crippen molar-refractivity contribution < 1.29 is 9.59 Å². The normalized spacial score (nSPS) is 12.2. The summed E-state index contributed by atoms with van der Waals surface area (Å²) in [6.07, 6.45) is 1.65. The lowest BCUT2D eigenvalue weighted by atomic mass is 10.1. The molecule has 0 spiro atoms. The number of hydrogen-bond donors (Lipinski definition) is 1. The van der Waals surface area contributed by atoms with Crippen LogP contribution in [0.1, 0.15) is 24.2 Å². The quantitative estimate of drug-likeness (QED) is 0.501. The van der Waals surface area contributed by atoms with Crippen molar-refractivity contribution in [3.63, 3.8) is 0 Å². The van der Waals surface area contributed by atoms with Gasteiger partial charge in [0.25, 0.3) is 0 Å². The average molecular weight is 409 g/mol. The van der Waals surface area contributed by atoms with Gasteiger partial charge in [0.1, 0.15) is 0 Å². The van der Waals surface area contributed by atoms with Gasteiger partial charge in [0, 0.05) is 17.4 Å². The molecule has 1 N–H and O–H groups in total. The number of hydrogen-bond acceptors (Lipinski definition) is 5. The summed E-state index contributed by atoms with van der Waals surface area (Å²) < 4.78 is 1.65. The monoisotopic (exact) mass is 408 g/mol. The fourth-order valence-electron chi connectivity index (χ4n) is 2.23. The number of nitrogens with zero attached hydrogens (tertiary/aromatic N) is 3. The van der Waals surface area contributed by atoms with Gasteiger partial charge >= 0.3 is 0 Å². The highest BCUT2D eigenvalue weighted by Gasteiger charge is 2.19. The zero-order valence-electron chi connectivity index (χ0n) is 13.9. The maximum Gasteiger partial charge on any atom is 0.237 e. The molecule has 0 saturated heterocycles. The SMILES string of the molecule is CC(=O)c1ccc(NC(=O)C(C)Sc2nnc3c(Cl)cc(Cl)cn23)cc1. The molecule has 0 aliphatic rings. The van der Waals surface area contributed by atoms with E-state index in [0.717, 1.165) is 0 Å². The number of aromatic nitrogens is 3. The molecule has 0 fully saturated rings. The van der Waals surface area contributed by atoms with Gasteiger partial charge in [-0.2, -0.15) is 0 Å². The van der Waals surface area contributed by atoms with Crippen LogP contribution < -0.4 is 5.32 Å². The number of carbonyl (C=O) groups is 2. The van der Waals surface area contributed by atoms with E-state index >= 15 is 0 Å². The topological polar surface area (TPSA) is 76.4 Å². The van der Waals surface area contributed by atoms with Crippen LogP contribution in [0.2, 0.25) is 10.0 Å². The van der Waals surface area contributed by atoms with E-state index in [1.54, 1.807) is 47.9 Å². The predicted octanol–water partition coefficient (Wildman–Crippen LogP) is 4.36. The lowest BCUT2D eigenvalue weighted by Gasteiger charge is -2.11. The van der Waals surface area contributed by atoms with E-state index in [0.29, 0.717) is 32.1 Å². The molecule has 1 unspecified atom stereocenters. The lowest BCUT2D eigenvalue weighted by molar-refractivity contribution is -0.115. The van der Waals surface area contributed by atoms with Crippen molar-refractivity contribution >= 4 is 58.0 Å². The minimum absolute atomic E-state index is 0.0252. The van der Waals surface area contributed by atoms with Gasteiger partial charge < -0.3 is 5.32 Å². The Morgan fingerprint density at radius 2 is 1.88 bits per heavy atom. The van der Waals surface area contributed by atoms with Crippen molar-refractivity contribution in [2.75, 3.05) is 5.32 Å². The number of carbonyl (C=O) groups excluding carboxylic acids is 2. The molecule has 2 heterocycles. The first-order valence-electron chi connectivity index (χ1n) is 7.63. The van der Waals surface area contributed by atoms with Crippen molar-refractivity contribution in [2.45, 2.75) is 24.3 Å². The number of nitrogens with one attached hydrogen (secondary N) is 1. The maximum atomic E-state index is 12.4.